The number of nitrogens with zero attached hydrogens (tertiary/aromatic N) is 2. The van der Waals surface area contributed by atoms with E-state index in [4.69, 9.17) is 0 Å². The highest BCUT2D eigenvalue weighted by atomic mass is 16.2. The van der Waals surface area contributed by atoms with Crippen molar-refractivity contribution in [2.24, 2.45) is 5.92 Å². The van der Waals surface area contributed by atoms with Crippen LogP contribution in [0.2, 0.25) is 0 Å². The van der Waals surface area contributed by atoms with E-state index in [1.807, 2.05) is 29.2 Å². The van der Waals surface area contributed by atoms with Crippen molar-refractivity contribution in [3.8, 4) is 0 Å². The second-order valence-electron chi connectivity index (χ2n) is 8.38. The molecule has 5 nitrogen and oxygen atoms in total. The van der Waals surface area contributed by atoms with E-state index >= 15 is 0 Å². The molecule has 2 amide bonds. The molecule has 0 spiro atoms. The molecule has 30 heavy (non-hydrogen) atoms. The zero-order valence-electron chi connectivity index (χ0n) is 17.6. The number of hydrogen-bond acceptors (Lipinski definition) is 3. The Bertz CT molecular complexity index is 868. The SMILES string of the molecule is O=C(NCCC(=O)N1CCCc2ccccc21)[C@H]1CCCN(Cc2ccccc2)C1. The summed E-state index contributed by atoms with van der Waals surface area (Å²) in [6, 6.07) is 18.5. The van der Waals surface area contributed by atoms with Gasteiger partial charge in [-0.2, -0.15) is 0 Å². The van der Waals surface area contributed by atoms with E-state index < -0.39 is 0 Å². The Labute approximate surface area is 179 Å². The third kappa shape index (κ3) is 5.08. The summed E-state index contributed by atoms with van der Waals surface area (Å²) in [7, 11) is 0. The van der Waals surface area contributed by atoms with Gasteiger partial charge in [-0.15, -0.1) is 0 Å². The fourth-order valence-corrected chi connectivity index (χ4v) is 4.62. The number of carbonyl (C=O) groups is 2. The van der Waals surface area contributed by atoms with Crippen molar-refractivity contribution in [1.29, 1.82) is 0 Å². The van der Waals surface area contributed by atoms with Crippen LogP contribution in [0.25, 0.3) is 0 Å². The summed E-state index contributed by atoms with van der Waals surface area (Å²) in [5, 5.41) is 3.02. The first kappa shape index (κ1) is 20.6. The van der Waals surface area contributed by atoms with Crippen LogP contribution in [-0.2, 0) is 22.6 Å². The van der Waals surface area contributed by atoms with Crippen LogP contribution < -0.4 is 10.2 Å². The Morgan fingerprint density at radius 3 is 2.63 bits per heavy atom. The fourth-order valence-electron chi connectivity index (χ4n) is 4.62. The number of rotatable bonds is 6. The Balaban J connectivity index is 1.24. The number of amides is 2. The lowest BCUT2D eigenvalue weighted by Crippen LogP contribution is -2.44. The zero-order valence-corrected chi connectivity index (χ0v) is 17.6. The maximum atomic E-state index is 12.7. The number of piperidine rings is 1. The molecule has 1 saturated heterocycles. The average Bonchev–Trinajstić information content (AvgIpc) is 2.79. The molecule has 2 aromatic carbocycles. The minimum atomic E-state index is 0.00766. The van der Waals surface area contributed by atoms with Gasteiger partial charge in [-0.1, -0.05) is 48.5 Å². The summed E-state index contributed by atoms with van der Waals surface area (Å²) in [4.78, 5) is 29.7. The number of hydrogen-bond donors (Lipinski definition) is 1. The lowest BCUT2D eigenvalue weighted by molar-refractivity contribution is -0.126. The van der Waals surface area contributed by atoms with E-state index in [1.54, 1.807) is 0 Å². The minimum Gasteiger partial charge on any atom is -0.355 e. The Morgan fingerprint density at radius 2 is 1.77 bits per heavy atom. The summed E-state index contributed by atoms with van der Waals surface area (Å²) >= 11 is 0. The van der Waals surface area contributed by atoms with E-state index in [0.29, 0.717) is 13.0 Å². The van der Waals surface area contributed by atoms with Gasteiger partial charge < -0.3 is 10.2 Å². The van der Waals surface area contributed by atoms with Crippen molar-refractivity contribution in [2.45, 2.75) is 38.6 Å². The molecule has 2 aromatic rings. The number of likely N-dealkylation sites (tertiary alicyclic amines) is 1. The molecule has 1 fully saturated rings. The van der Waals surface area contributed by atoms with Gasteiger partial charge in [0.25, 0.3) is 0 Å². The first-order valence-electron chi connectivity index (χ1n) is 11.1. The number of carbonyl (C=O) groups excluding carboxylic acids is 2. The van der Waals surface area contributed by atoms with Gasteiger partial charge in [0.2, 0.25) is 11.8 Å². The first-order chi connectivity index (χ1) is 14.7. The van der Waals surface area contributed by atoms with E-state index in [2.05, 4.69) is 40.5 Å². The molecule has 1 N–H and O–H groups in total. The molecular weight excluding hydrogens is 374 g/mol. The lowest BCUT2D eigenvalue weighted by Gasteiger charge is -2.32. The standard InChI is InChI=1S/C25H31N3O2/c29-24(28-17-7-11-21-10-4-5-13-23(21)28)14-15-26-25(30)22-12-6-16-27(19-22)18-20-8-2-1-3-9-20/h1-5,8-10,13,22H,6-7,11-12,14-19H2,(H,26,30)/t22-/m0/s1. The number of benzene rings is 2. The molecule has 5 heteroatoms. The van der Waals surface area contributed by atoms with Gasteiger partial charge in [-0.3, -0.25) is 14.5 Å². The molecule has 0 bridgehead atoms. The largest absolute Gasteiger partial charge is 0.355 e. The van der Waals surface area contributed by atoms with Gasteiger partial charge in [0.05, 0.1) is 5.92 Å². The van der Waals surface area contributed by atoms with Crippen molar-refractivity contribution in [1.82, 2.24) is 10.2 Å². The Hall–Kier alpha value is -2.66. The second-order valence-corrected chi connectivity index (χ2v) is 8.38. The summed E-state index contributed by atoms with van der Waals surface area (Å²) in [6.07, 6.45) is 4.33. The summed E-state index contributed by atoms with van der Waals surface area (Å²) < 4.78 is 0. The van der Waals surface area contributed by atoms with Gasteiger partial charge in [0, 0.05) is 38.3 Å². The number of para-hydroxylation sites is 1. The maximum Gasteiger partial charge on any atom is 0.228 e. The predicted octanol–water partition coefficient (Wildman–Crippen LogP) is 3.38. The first-order valence-corrected chi connectivity index (χ1v) is 11.1. The average molecular weight is 406 g/mol. The van der Waals surface area contributed by atoms with Crippen LogP contribution in [0.4, 0.5) is 5.69 Å². The van der Waals surface area contributed by atoms with Crippen LogP contribution in [0.3, 0.4) is 0 Å². The molecule has 2 heterocycles. The van der Waals surface area contributed by atoms with E-state index in [0.717, 1.165) is 57.5 Å². The van der Waals surface area contributed by atoms with Crippen molar-refractivity contribution in [3.63, 3.8) is 0 Å². The molecule has 0 saturated carbocycles. The normalized spacial score (nSPS) is 19.2. The third-order valence-electron chi connectivity index (χ3n) is 6.17. The molecule has 2 aliphatic heterocycles. The van der Waals surface area contributed by atoms with E-state index in [9.17, 15) is 9.59 Å². The van der Waals surface area contributed by atoms with Gasteiger partial charge in [-0.05, 0) is 49.4 Å². The van der Waals surface area contributed by atoms with Crippen LogP contribution in [0, 0.1) is 5.92 Å². The van der Waals surface area contributed by atoms with Crippen LogP contribution in [0.15, 0.2) is 54.6 Å². The van der Waals surface area contributed by atoms with Crippen LogP contribution in [0.1, 0.15) is 36.8 Å². The summed E-state index contributed by atoms with van der Waals surface area (Å²) in [5.74, 6) is 0.185. The molecule has 0 aromatic heterocycles. The van der Waals surface area contributed by atoms with Gasteiger partial charge in [0.15, 0.2) is 0 Å². The number of aryl methyl sites for hydroxylation is 1. The molecule has 0 unspecified atom stereocenters. The maximum absolute atomic E-state index is 12.7. The smallest absolute Gasteiger partial charge is 0.228 e. The fraction of sp³-hybridized carbons (Fsp3) is 0.440. The quantitative estimate of drug-likeness (QED) is 0.802. The third-order valence-corrected chi connectivity index (χ3v) is 6.17. The zero-order chi connectivity index (χ0) is 20.8. The highest BCUT2D eigenvalue weighted by molar-refractivity contribution is 5.95. The van der Waals surface area contributed by atoms with Crippen molar-refractivity contribution in [3.05, 3.63) is 65.7 Å². The topological polar surface area (TPSA) is 52.7 Å². The molecule has 158 valence electrons. The van der Waals surface area contributed by atoms with Crippen molar-refractivity contribution in [2.75, 3.05) is 31.1 Å². The minimum absolute atomic E-state index is 0.00766. The monoisotopic (exact) mass is 405 g/mol. The van der Waals surface area contributed by atoms with E-state index in [-0.39, 0.29) is 17.7 Å². The number of fused-ring (bicyclic) bond motifs is 1. The number of anilines is 1. The molecule has 1 atom stereocenters. The molecule has 2 aliphatic rings. The lowest BCUT2D eigenvalue weighted by atomic mass is 9.96. The van der Waals surface area contributed by atoms with Gasteiger partial charge in [0.1, 0.15) is 0 Å². The van der Waals surface area contributed by atoms with E-state index in [1.165, 1.54) is 11.1 Å². The molecular formula is C25H31N3O2. The Morgan fingerprint density at radius 1 is 0.967 bits per heavy atom. The highest BCUT2D eigenvalue weighted by Crippen LogP contribution is 2.27. The van der Waals surface area contributed by atoms with Crippen molar-refractivity contribution < 1.29 is 9.59 Å². The molecule has 0 radical (unpaired) electrons. The molecule has 0 aliphatic carbocycles. The molecule has 4 rings (SSSR count). The van der Waals surface area contributed by atoms with Gasteiger partial charge >= 0.3 is 0 Å². The summed E-state index contributed by atoms with van der Waals surface area (Å²) in [6.45, 7) is 3.88. The Kier molecular flexibility index (Phi) is 6.80. The van der Waals surface area contributed by atoms with Crippen molar-refractivity contribution >= 4 is 17.5 Å². The predicted molar refractivity (Wildman–Crippen MR) is 119 cm³/mol. The van der Waals surface area contributed by atoms with Crippen LogP contribution in [0.5, 0.6) is 0 Å². The number of nitrogens with one attached hydrogen (secondary N) is 1. The highest BCUT2D eigenvalue weighted by Gasteiger charge is 2.26. The second kappa shape index (κ2) is 9.90. The van der Waals surface area contributed by atoms with Gasteiger partial charge in [-0.25, -0.2) is 0 Å². The van der Waals surface area contributed by atoms with Crippen LogP contribution in [-0.4, -0.2) is 42.9 Å². The van der Waals surface area contributed by atoms with Crippen LogP contribution >= 0.6 is 0 Å². The summed E-state index contributed by atoms with van der Waals surface area (Å²) in [5.41, 5.74) is 3.55.